The van der Waals surface area contributed by atoms with E-state index in [9.17, 15) is 12.8 Å². The van der Waals surface area contributed by atoms with Crippen molar-refractivity contribution in [3.8, 4) is 5.75 Å². The summed E-state index contributed by atoms with van der Waals surface area (Å²) < 4.78 is 44.6. The molecule has 5 nitrogen and oxygen atoms in total. The Morgan fingerprint density at radius 1 is 1.25 bits per heavy atom. The molecule has 2 aromatic rings. The number of nitrogens with one attached hydrogen (secondary N) is 1. The van der Waals surface area contributed by atoms with Gasteiger partial charge in [-0.25, -0.2) is 17.5 Å². The van der Waals surface area contributed by atoms with Gasteiger partial charge in [0.25, 0.3) is 0 Å². The highest BCUT2D eigenvalue weighted by Crippen LogP contribution is 2.21. The molecule has 0 unspecified atom stereocenters. The number of ether oxygens (including phenoxy) is 1. The van der Waals surface area contributed by atoms with Crippen LogP contribution in [-0.2, 0) is 16.6 Å². The number of aromatic nitrogens is 1. The lowest BCUT2D eigenvalue weighted by molar-refractivity contribution is 0.385. The third-order valence-electron chi connectivity index (χ3n) is 2.65. The van der Waals surface area contributed by atoms with E-state index in [-0.39, 0.29) is 17.2 Å². The van der Waals surface area contributed by atoms with E-state index in [1.54, 1.807) is 24.5 Å². The zero-order valence-electron chi connectivity index (χ0n) is 10.7. The van der Waals surface area contributed by atoms with Crippen molar-refractivity contribution in [2.24, 2.45) is 0 Å². The van der Waals surface area contributed by atoms with Gasteiger partial charge in [-0.15, -0.1) is 0 Å². The van der Waals surface area contributed by atoms with Crippen LogP contribution in [-0.4, -0.2) is 20.5 Å². The van der Waals surface area contributed by atoms with Gasteiger partial charge in [0.1, 0.15) is 0 Å². The number of nitrogens with zero attached hydrogens (tertiary/aromatic N) is 1. The fraction of sp³-hybridized carbons (Fsp3) is 0.154. The fourth-order valence-corrected chi connectivity index (χ4v) is 2.60. The predicted octanol–water partition coefficient (Wildman–Crippen LogP) is 1.71. The first-order chi connectivity index (χ1) is 9.53. The average molecular weight is 296 g/mol. The molecule has 0 radical (unpaired) electrons. The van der Waals surface area contributed by atoms with Crippen molar-refractivity contribution >= 4 is 10.0 Å². The molecule has 0 aliphatic carbocycles. The lowest BCUT2D eigenvalue weighted by Gasteiger charge is -2.08. The van der Waals surface area contributed by atoms with Gasteiger partial charge in [-0.2, -0.15) is 0 Å². The summed E-state index contributed by atoms with van der Waals surface area (Å²) in [7, 11) is -2.45. The van der Waals surface area contributed by atoms with Crippen molar-refractivity contribution in [1.82, 2.24) is 9.71 Å². The van der Waals surface area contributed by atoms with Crippen LogP contribution in [0.1, 0.15) is 5.56 Å². The number of benzene rings is 1. The molecule has 1 N–H and O–H groups in total. The Morgan fingerprint density at radius 3 is 2.60 bits per heavy atom. The molecule has 0 aliphatic heterocycles. The largest absolute Gasteiger partial charge is 0.494 e. The summed E-state index contributed by atoms with van der Waals surface area (Å²) in [5.41, 5.74) is 0.776. The molecule has 2 rings (SSSR count). The third-order valence-corrected chi connectivity index (χ3v) is 4.05. The van der Waals surface area contributed by atoms with Crippen LogP contribution in [0.3, 0.4) is 0 Å². The number of hydrogen-bond donors (Lipinski definition) is 1. The van der Waals surface area contributed by atoms with Gasteiger partial charge in [0.15, 0.2) is 11.6 Å². The molecule has 0 atom stereocenters. The van der Waals surface area contributed by atoms with Crippen LogP contribution >= 0.6 is 0 Å². The Bertz CT molecular complexity index is 690. The zero-order chi connectivity index (χ0) is 14.6. The van der Waals surface area contributed by atoms with Crippen LogP contribution in [0, 0.1) is 5.82 Å². The van der Waals surface area contributed by atoms with Gasteiger partial charge in [-0.1, -0.05) is 0 Å². The van der Waals surface area contributed by atoms with Crippen LogP contribution < -0.4 is 9.46 Å². The zero-order valence-corrected chi connectivity index (χ0v) is 11.5. The molecule has 0 saturated heterocycles. The van der Waals surface area contributed by atoms with Crippen molar-refractivity contribution in [3.05, 3.63) is 54.1 Å². The van der Waals surface area contributed by atoms with Gasteiger partial charge in [0.05, 0.1) is 12.0 Å². The molecular weight excluding hydrogens is 283 g/mol. The second-order valence-electron chi connectivity index (χ2n) is 3.98. The Morgan fingerprint density at radius 2 is 1.95 bits per heavy atom. The van der Waals surface area contributed by atoms with E-state index in [1.807, 2.05) is 0 Å². The van der Waals surface area contributed by atoms with Gasteiger partial charge in [0, 0.05) is 25.0 Å². The molecule has 0 spiro atoms. The van der Waals surface area contributed by atoms with Crippen molar-refractivity contribution in [1.29, 1.82) is 0 Å². The summed E-state index contributed by atoms with van der Waals surface area (Å²) in [4.78, 5) is 3.79. The minimum atomic E-state index is -3.72. The molecule has 1 heterocycles. The molecule has 0 fully saturated rings. The van der Waals surface area contributed by atoms with E-state index in [0.29, 0.717) is 0 Å². The van der Waals surface area contributed by atoms with Crippen LogP contribution in [0.5, 0.6) is 5.75 Å². The van der Waals surface area contributed by atoms with Crippen LogP contribution in [0.15, 0.2) is 47.6 Å². The van der Waals surface area contributed by atoms with Crippen molar-refractivity contribution in [2.75, 3.05) is 7.11 Å². The first kappa shape index (κ1) is 14.4. The summed E-state index contributed by atoms with van der Waals surface area (Å²) in [6, 6.07) is 6.79. The lowest BCUT2D eigenvalue weighted by Crippen LogP contribution is -2.23. The number of sulfonamides is 1. The van der Waals surface area contributed by atoms with E-state index >= 15 is 0 Å². The van der Waals surface area contributed by atoms with Crippen molar-refractivity contribution in [3.63, 3.8) is 0 Å². The Labute approximate surface area is 116 Å². The third kappa shape index (κ3) is 3.31. The summed E-state index contributed by atoms with van der Waals surface area (Å²) in [6.07, 6.45) is 3.15. The minimum Gasteiger partial charge on any atom is -0.494 e. The molecule has 0 amide bonds. The first-order valence-electron chi connectivity index (χ1n) is 5.75. The van der Waals surface area contributed by atoms with Crippen LogP contribution in [0.25, 0.3) is 0 Å². The van der Waals surface area contributed by atoms with Crippen LogP contribution in [0.4, 0.5) is 4.39 Å². The number of rotatable bonds is 5. The second kappa shape index (κ2) is 5.98. The molecule has 1 aromatic heterocycles. The number of pyridine rings is 1. The van der Waals surface area contributed by atoms with Crippen molar-refractivity contribution < 1.29 is 17.5 Å². The molecule has 20 heavy (non-hydrogen) atoms. The molecule has 1 aromatic carbocycles. The Hall–Kier alpha value is -1.99. The molecule has 106 valence electrons. The summed E-state index contributed by atoms with van der Waals surface area (Å²) in [6.45, 7) is 0.130. The molecule has 7 heteroatoms. The second-order valence-corrected chi connectivity index (χ2v) is 5.74. The van der Waals surface area contributed by atoms with Gasteiger partial charge in [0.2, 0.25) is 10.0 Å². The molecular formula is C13H13FN2O3S. The van der Waals surface area contributed by atoms with E-state index < -0.39 is 15.8 Å². The fourth-order valence-electron chi connectivity index (χ4n) is 1.57. The maximum atomic E-state index is 13.3. The number of methoxy groups -OCH3 is 1. The highest BCUT2D eigenvalue weighted by molar-refractivity contribution is 7.89. The maximum absolute atomic E-state index is 13.3. The molecule has 0 saturated carbocycles. The highest BCUT2D eigenvalue weighted by Gasteiger charge is 2.16. The van der Waals surface area contributed by atoms with Crippen molar-refractivity contribution in [2.45, 2.75) is 11.4 Å². The monoisotopic (exact) mass is 296 g/mol. The topological polar surface area (TPSA) is 68.3 Å². The lowest BCUT2D eigenvalue weighted by atomic mass is 10.3. The minimum absolute atomic E-state index is 0.0511. The molecule has 0 aliphatic rings. The van der Waals surface area contributed by atoms with Gasteiger partial charge in [-0.3, -0.25) is 4.98 Å². The predicted molar refractivity (Wildman–Crippen MR) is 71.2 cm³/mol. The van der Waals surface area contributed by atoms with E-state index in [2.05, 4.69) is 9.71 Å². The van der Waals surface area contributed by atoms with Crippen LogP contribution in [0.2, 0.25) is 0 Å². The standard InChI is InChI=1S/C13H13FN2O3S/c1-19-13-8-11(2-3-12(13)14)20(17,18)16-9-10-4-6-15-7-5-10/h2-8,16H,9H2,1H3. The van der Waals surface area contributed by atoms with E-state index in [4.69, 9.17) is 4.74 Å². The first-order valence-corrected chi connectivity index (χ1v) is 7.23. The Balaban J connectivity index is 2.18. The SMILES string of the molecule is COc1cc(S(=O)(=O)NCc2ccncc2)ccc1F. The summed E-state index contributed by atoms with van der Waals surface area (Å²) >= 11 is 0. The van der Waals surface area contributed by atoms with E-state index in [1.165, 1.54) is 13.2 Å². The number of halogens is 1. The smallest absolute Gasteiger partial charge is 0.241 e. The summed E-state index contributed by atoms with van der Waals surface area (Å²) in [5.74, 6) is -0.725. The normalized spacial score (nSPS) is 11.3. The maximum Gasteiger partial charge on any atom is 0.241 e. The quantitative estimate of drug-likeness (QED) is 0.912. The average Bonchev–Trinajstić information content (AvgIpc) is 2.46. The summed E-state index contributed by atoms with van der Waals surface area (Å²) in [5, 5.41) is 0. The van der Waals surface area contributed by atoms with Gasteiger partial charge in [-0.05, 0) is 29.8 Å². The number of hydrogen-bond acceptors (Lipinski definition) is 4. The Kier molecular flexibility index (Phi) is 4.31. The van der Waals surface area contributed by atoms with E-state index in [0.717, 1.165) is 17.7 Å². The van der Waals surface area contributed by atoms with Gasteiger partial charge < -0.3 is 4.74 Å². The molecule has 0 bridgehead atoms. The highest BCUT2D eigenvalue weighted by atomic mass is 32.2. The van der Waals surface area contributed by atoms with Gasteiger partial charge >= 0.3 is 0 Å².